The van der Waals surface area contributed by atoms with Crippen LogP contribution >= 0.6 is 0 Å². The molecule has 0 spiro atoms. The van der Waals surface area contributed by atoms with Gasteiger partial charge in [-0.3, -0.25) is 4.90 Å². The van der Waals surface area contributed by atoms with Gasteiger partial charge in [0.2, 0.25) is 0 Å². The Balaban J connectivity index is 2.25. The fourth-order valence-electron chi connectivity index (χ4n) is 2.38. The lowest BCUT2D eigenvalue weighted by Gasteiger charge is -2.35. The number of aryl methyl sites for hydroxylation is 1. The van der Waals surface area contributed by atoms with Gasteiger partial charge in [0, 0.05) is 6.42 Å². The second-order valence-electron chi connectivity index (χ2n) is 6.29. The second kappa shape index (κ2) is 5.27. The topological polar surface area (TPSA) is 46.6 Å². The van der Waals surface area contributed by atoms with Crippen LogP contribution in [0.3, 0.4) is 0 Å². The van der Waals surface area contributed by atoms with E-state index in [1.165, 1.54) is 4.90 Å². The molecule has 1 aromatic carbocycles. The fourth-order valence-corrected chi connectivity index (χ4v) is 2.38. The molecule has 1 atom stereocenters. The number of aldehydes is 1. The summed E-state index contributed by atoms with van der Waals surface area (Å²) >= 11 is 0. The van der Waals surface area contributed by atoms with Crippen molar-refractivity contribution in [1.82, 2.24) is 4.90 Å². The maximum absolute atomic E-state index is 12.2. The lowest BCUT2D eigenvalue weighted by molar-refractivity contribution is -0.113. The number of hydrogen-bond acceptors (Lipinski definition) is 3. The second-order valence-corrected chi connectivity index (χ2v) is 6.29. The highest BCUT2D eigenvalue weighted by atomic mass is 16.6. The van der Waals surface area contributed by atoms with Crippen molar-refractivity contribution in [3.05, 3.63) is 34.9 Å². The minimum atomic E-state index is -0.558. The number of amides is 1. The van der Waals surface area contributed by atoms with Gasteiger partial charge < -0.3 is 9.53 Å². The summed E-state index contributed by atoms with van der Waals surface area (Å²) in [5, 5.41) is 0. The first-order valence-electron chi connectivity index (χ1n) is 6.83. The lowest BCUT2D eigenvalue weighted by atomic mass is 9.93. The maximum Gasteiger partial charge on any atom is 0.411 e. The molecule has 1 aromatic rings. The number of benzene rings is 1. The number of ether oxygens (including phenoxy) is 1. The van der Waals surface area contributed by atoms with E-state index in [1.807, 2.05) is 39.8 Å². The molecule has 0 aliphatic carbocycles. The summed E-state index contributed by atoms with van der Waals surface area (Å²) in [6.45, 7) is 7.91. The highest BCUT2D eigenvalue weighted by Gasteiger charge is 2.32. The van der Waals surface area contributed by atoms with E-state index in [0.29, 0.717) is 13.0 Å². The zero-order valence-electron chi connectivity index (χ0n) is 12.5. The van der Waals surface area contributed by atoms with Crippen molar-refractivity contribution in [3.63, 3.8) is 0 Å². The summed E-state index contributed by atoms with van der Waals surface area (Å²) < 4.78 is 5.38. The van der Waals surface area contributed by atoms with Gasteiger partial charge in [0.15, 0.2) is 0 Å². The Morgan fingerprint density at radius 3 is 2.65 bits per heavy atom. The summed E-state index contributed by atoms with van der Waals surface area (Å²) in [4.78, 5) is 25.0. The smallest absolute Gasteiger partial charge is 0.411 e. The van der Waals surface area contributed by atoms with Gasteiger partial charge in [-0.15, -0.1) is 0 Å². The van der Waals surface area contributed by atoms with Crippen LogP contribution in [0.25, 0.3) is 0 Å². The minimum absolute atomic E-state index is 0.426. The Kier molecular flexibility index (Phi) is 3.84. The molecule has 4 nitrogen and oxygen atoms in total. The van der Waals surface area contributed by atoms with Gasteiger partial charge in [0.25, 0.3) is 0 Å². The molecule has 20 heavy (non-hydrogen) atoms. The van der Waals surface area contributed by atoms with Crippen molar-refractivity contribution < 1.29 is 14.3 Å². The zero-order valence-corrected chi connectivity index (χ0v) is 12.5. The standard InChI is InChI=1S/C16H21NO3/c1-11-5-6-12-8-14(10-18)17(9-13(12)7-11)15(19)20-16(2,3)4/h5-7,10,14H,8-9H2,1-4H3/t14-/m0/s1. The number of nitrogens with zero attached hydrogens (tertiary/aromatic N) is 1. The van der Waals surface area contributed by atoms with E-state index in [9.17, 15) is 9.59 Å². The molecular formula is C16H21NO3. The van der Waals surface area contributed by atoms with Crippen LogP contribution in [0.1, 0.15) is 37.5 Å². The van der Waals surface area contributed by atoms with Crippen LogP contribution in [-0.4, -0.2) is 28.9 Å². The van der Waals surface area contributed by atoms with E-state index in [1.54, 1.807) is 0 Å². The summed E-state index contributed by atoms with van der Waals surface area (Å²) in [5.41, 5.74) is 2.82. The molecule has 0 N–H and O–H groups in total. The molecule has 108 valence electrons. The van der Waals surface area contributed by atoms with Gasteiger partial charge in [-0.05, 0) is 38.8 Å². The normalized spacial score (nSPS) is 18.4. The molecule has 0 unspecified atom stereocenters. The number of fused-ring (bicyclic) bond motifs is 1. The summed E-state index contributed by atoms with van der Waals surface area (Å²) in [6, 6.07) is 5.69. The van der Waals surface area contributed by atoms with Crippen LogP contribution in [0.15, 0.2) is 18.2 Å². The average Bonchev–Trinajstić information content (AvgIpc) is 2.35. The number of rotatable bonds is 1. The third-order valence-electron chi connectivity index (χ3n) is 3.32. The van der Waals surface area contributed by atoms with Crippen molar-refractivity contribution in [1.29, 1.82) is 0 Å². The first-order valence-corrected chi connectivity index (χ1v) is 6.83. The molecule has 2 rings (SSSR count). The highest BCUT2D eigenvalue weighted by molar-refractivity contribution is 5.75. The quantitative estimate of drug-likeness (QED) is 0.740. The van der Waals surface area contributed by atoms with Gasteiger partial charge in [-0.1, -0.05) is 23.8 Å². The molecule has 1 aliphatic heterocycles. The molecule has 0 bridgehead atoms. The van der Waals surface area contributed by atoms with E-state index in [0.717, 1.165) is 23.0 Å². The van der Waals surface area contributed by atoms with Crippen molar-refractivity contribution in [2.75, 3.05) is 0 Å². The summed E-state index contributed by atoms with van der Waals surface area (Å²) in [7, 11) is 0. The Labute approximate surface area is 119 Å². The molecule has 4 heteroatoms. The molecule has 0 aromatic heterocycles. The monoisotopic (exact) mass is 275 g/mol. The Morgan fingerprint density at radius 1 is 1.35 bits per heavy atom. The van der Waals surface area contributed by atoms with E-state index in [4.69, 9.17) is 4.74 Å². The number of hydrogen-bond donors (Lipinski definition) is 0. The van der Waals surface area contributed by atoms with Crippen LogP contribution in [0.4, 0.5) is 4.79 Å². The maximum atomic E-state index is 12.2. The van der Waals surface area contributed by atoms with Gasteiger partial charge in [0.05, 0.1) is 12.6 Å². The van der Waals surface area contributed by atoms with Crippen LogP contribution in [-0.2, 0) is 22.5 Å². The Bertz CT molecular complexity index is 531. The van der Waals surface area contributed by atoms with Crippen molar-refractivity contribution in [2.24, 2.45) is 0 Å². The molecule has 0 saturated carbocycles. The summed E-state index contributed by atoms with van der Waals surface area (Å²) in [6.07, 6.45) is 0.951. The molecule has 1 aliphatic rings. The predicted molar refractivity (Wildman–Crippen MR) is 76.5 cm³/mol. The highest BCUT2D eigenvalue weighted by Crippen LogP contribution is 2.25. The van der Waals surface area contributed by atoms with Gasteiger partial charge >= 0.3 is 6.09 Å². The van der Waals surface area contributed by atoms with Crippen LogP contribution in [0.2, 0.25) is 0 Å². The zero-order chi connectivity index (χ0) is 14.9. The van der Waals surface area contributed by atoms with E-state index in [-0.39, 0.29) is 0 Å². The third-order valence-corrected chi connectivity index (χ3v) is 3.32. The molecule has 1 heterocycles. The molecular weight excluding hydrogens is 254 g/mol. The lowest BCUT2D eigenvalue weighted by Crippen LogP contribution is -2.47. The number of carbonyl (C=O) groups is 2. The van der Waals surface area contributed by atoms with E-state index >= 15 is 0 Å². The predicted octanol–water partition coefficient (Wildman–Crippen LogP) is 2.86. The first kappa shape index (κ1) is 14.6. The first-order chi connectivity index (χ1) is 9.30. The fraction of sp³-hybridized carbons (Fsp3) is 0.500. The van der Waals surface area contributed by atoms with E-state index in [2.05, 4.69) is 6.07 Å². The van der Waals surface area contributed by atoms with Gasteiger partial charge in [-0.2, -0.15) is 0 Å². The van der Waals surface area contributed by atoms with Crippen molar-refractivity contribution in [3.8, 4) is 0 Å². The molecule has 0 saturated heterocycles. The van der Waals surface area contributed by atoms with E-state index < -0.39 is 17.7 Å². The van der Waals surface area contributed by atoms with Crippen LogP contribution < -0.4 is 0 Å². The van der Waals surface area contributed by atoms with Crippen molar-refractivity contribution >= 4 is 12.4 Å². The SMILES string of the molecule is Cc1ccc2c(c1)CN(C(=O)OC(C)(C)C)[C@H](C=O)C2. The molecule has 0 radical (unpaired) electrons. The van der Waals surface area contributed by atoms with Crippen LogP contribution in [0.5, 0.6) is 0 Å². The minimum Gasteiger partial charge on any atom is -0.444 e. The van der Waals surface area contributed by atoms with Gasteiger partial charge in [-0.25, -0.2) is 4.79 Å². The summed E-state index contributed by atoms with van der Waals surface area (Å²) in [5.74, 6) is 0. The third kappa shape index (κ3) is 3.18. The number of carbonyl (C=O) groups excluding carboxylic acids is 2. The van der Waals surface area contributed by atoms with Crippen molar-refractivity contribution in [2.45, 2.75) is 52.3 Å². The largest absolute Gasteiger partial charge is 0.444 e. The van der Waals surface area contributed by atoms with Gasteiger partial charge in [0.1, 0.15) is 11.9 Å². The van der Waals surface area contributed by atoms with Crippen LogP contribution in [0, 0.1) is 6.92 Å². The molecule has 0 fully saturated rings. The average molecular weight is 275 g/mol. The molecule has 1 amide bonds. The Morgan fingerprint density at radius 2 is 2.05 bits per heavy atom. The Hall–Kier alpha value is -1.84.